The second-order valence-electron chi connectivity index (χ2n) is 5.03. The van der Waals surface area contributed by atoms with Gasteiger partial charge >= 0.3 is 0 Å². The monoisotopic (exact) mass is 291 g/mol. The Labute approximate surface area is 126 Å². The molecule has 0 amide bonds. The maximum atomic E-state index is 10.9. The van der Waals surface area contributed by atoms with Crippen molar-refractivity contribution < 1.29 is 5.11 Å². The average Bonchev–Trinajstić information content (AvgIpc) is 2.98. The molecule has 2 aromatic heterocycles. The van der Waals surface area contributed by atoms with Crippen molar-refractivity contribution in [3.8, 4) is 0 Å². The third kappa shape index (κ3) is 2.02. The Kier molecular flexibility index (Phi) is 2.95. The van der Waals surface area contributed by atoms with Gasteiger partial charge in [-0.2, -0.15) is 0 Å². The van der Waals surface area contributed by atoms with Gasteiger partial charge in [-0.05, 0) is 33.8 Å². The number of pyridine rings is 1. The normalized spacial score (nSPS) is 12.8. The molecule has 0 radical (unpaired) electrons. The molecular formula is C18H13NOS. The summed E-state index contributed by atoms with van der Waals surface area (Å²) >= 11 is 1.67. The highest BCUT2D eigenvalue weighted by Gasteiger charge is 2.17. The van der Waals surface area contributed by atoms with Gasteiger partial charge in [-0.25, -0.2) is 0 Å². The molecule has 0 aliphatic carbocycles. The van der Waals surface area contributed by atoms with Gasteiger partial charge in [0.05, 0.1) is 0 Å². The van der Waals surface area contributed by atoms with Gasteiger partial charge < -0.3 is 5.11 Å². The van der Waals surface area contributed by atoms with E-state index in [0.717, 1.165) is 27.3 Å². The van der Waals surface area contributed by atoms with E-state index in [1.165, 1.54) is 4.70 Å². The first-order chi connectivity index (χ1) is 10.3. The number of benzene rings is 2. The SMILES string of the molecule is OC(c1cccc2ccncc12)c1csc2ccccc12. The second-order valence-corrected chi connectivity index (χ2v) is 5.95. The molecule has 1 unspecified atom stereocenters. The summed E-state index contributed by atoms with van der Waals surface area (Å²) < 4.78 is 1.20. The number of aliphatic hydroxyl groups is 1. The van der Waals surface area contributed by atoms with Crippen LogP contribution in [0.3, 0.4) is 0 Å². The minimum Gasteiger partial charge on any atom is -0.384 e. The van der Waals surface area contributed by atoms with E-state index in [1.54, 1.807) is 17.5 Å². The molecule has 2 heterocycles. The van der Waals surface area contributed by atoms with E-state index in [1.807, 2.05) is 48.0 Å². The minimum atomic E-state index is -0.631. The van der Waals surface area contributed by atoms with Crippen LogP contribution in [0.2, 0.25) is 0 Å². The third-order valence-corrected chi connectivity index (χ3v) is 4.80. The van der Waals surface area contributed by atoms with Crippen molar-refractivity contribution in [3.05, 3.63) is 77.4 Å². The molecule has 1 N–H and O–H groups in total. The summed E-state index contributed by atoms with van der Waals surface area (Å²) in [7, 11) is 0. The number of nitrogens with zero attached hydrogens (tertiary/aromatic N) is 1. The predicted molar refractivity (Wildman–Crippen MR) is 87.6 cm³/mol. The number of hydrogen-bond acceptors (Lipinski definition) is 3. The van der Waals surface area contributed by atoms with Gasteiger partial charge in [0.1, 0.15) is 6.10 Å². The van der Waals surface area contributed by atoms with E-state index in [-0.39, 0.29) is 0 Å². The number of rotatable bonds is 2. The fourth-order valence-corrected chi connectivity index (χ4v) is 3.73. The number of fused-ring (bicyclic) bond motifs is 2. The molecule has 2 aromatic carbocycles. The zero-order chi connectivity index (χ0) is 14.2. The molecule has 4 aromatic rings. The van der Waals surface area contributed by atoms with E-state index in [0.29, 0.717) is 0 Å². The van der Waals surface area contributed by atoms with E-state index in [9.17, 15) is 5.11 Å². The largest absolute Gasteiger partial charge is 0.384 e. The highest BCUT2D eigenvalue weighted by Crippen LogP contribution is 2.35. The lowest BCUT2D eigenvalue weighted by molar-refractivity contribution is 0.224. The molecule has 4 rings (SSSR count). The summed E-state index contributed by atoms with van der Waals surface area (Å²) in [6.07, 6.45) is 2.97. The van der Waals surface area contributed by atoms with E-state index >= 15 is 0 Å². The van der Waals surface area contributed by atoms with E-state index < -0.39 is 6.10 Å². The quantitative estimate of drug-likeness (QED) is 0.588. The Morgan fingerprint density at radius 3 is 2.76 bits per heavy atom. The van der Waals surface area contributed by atoms with Crippen LogP contribution in [0.5, 0.6) is 0 Å². The Morgan fingerprint density at radius 1 is 0.905 bits per heavy atom. The van der Waals surface area contributed by atoms with Crippen LogP contribution in [0.15, 0.2) is 66.3 Å². The molecule has 1 atom stereocenters. The number of hydrogen-bond donors (Lipinski definition) is 1. The van der Waals surface area contributed by atoms with Crippen molar-refractivity contribution >= 4 is 32.2 Å². The lowest BCUT2D eigenvalue weighted by Crippen LogP contribution is -1.99. The van der Waals surface area contributed by atoms with Gasteiger partial charge in [-0.15, -0.1) is 11.3 Å². The van der Waals surface area contributed by atoms with Crippen molar-refractivity contribution in [2.24, 2.45) is 0 Å². The van der Waals surface area contributed by atoms with Gasteiger partial charge in [0, 0.05) is 28.0 Å². The minimum absolute atomic E-state index is 0.631. The van der Waals surface area contributed by atoms with Crippen molar-refractivity contribution in [2.45, 2.75) is 6.10 Å². The molecular weight excluding hydrogens is 278 g/mol. The molecule has 0 bridgehead atoms. The molecule has 0 aliphatic rings. The zero-order valence-corrected chi connectivity index (χ0v) is 12.0. The van der Waals surface area contributed by atoms with Crippen LogP contribution < -0.4 is 0 Å². The first-order valence-corrected chi connectivity index (χ1v) is 7.69. The van der Waals surface area contributed by atoms with Gasteiger partial charge in [-0.1, -0.05) is 36.4 Å². The number of aromatic nitrogens is 1. The van der Waals surface area contributed by atoms with Crippen molar-refractivity contribution in [1.82, 2.24) is 4.98 Å². The van der Waals surface area contributed by atoms with Gasteiger partial charge in [-0.3, -0.25) is 4.98 Å². The predicted octanol–water partition coefficient (Wildman–Crippen LogP) is 4.53. The first kappa shape index (κ1) is 12.5. The number of aliphatic hydroxyl groups excluding tert-OH is 1. The lowest BCUT2D eigenvalue weighted by atomic mass is 9.97. The van der Waals surface area contributed by atoms with Crippen LogP contribution in [-0.2, 0) is 0 Å². The Balaban J connectivity index is 1.92. The standard InChI is InChI=1S/C18H13NOS/c20-18(16-11-21-17-7-2-1-5-13(16)17)14-6-3-4-12-8-9-19-10-15(12)14/h1-11,18,20H. The highest BCUT2D eigenvalue weighted by molar-refractivity contribution is 7.17. The molecule has 0 saturated carbocycles. The van der Waals surface area contributed by atoms with Gasteiger partial charge in [0.15, 0.2) is 0 Å². The van der Waals surface area contributed by atoms with Gasteiger partial charge in [0.25, 0.3) is 0 Å². The fraction of sp³-hybridized carbons (Fsp3) is 0.0556. The lowest BCUT2D eigenvalue weighted by Gasteiger charge is -2.13. The highest BCUT2D eigenvalue weighted by atomic mass is 32.1. The second kappa shape index (κ2) is 4.95. The molecule has 2 nitrogen and oxygen atoms in total. The van der Waals surface area contributed by atoms with E-state index in [2.05, 4.69) is 17.1 Å². The molecule has 0 saturated heterocycles. The summed E-state index contributed by atoms with van der Waals surface area (Å²) in [5, 5.41) is 16.1. The van der Waals surface area contributed by atoms with Crippen LogP contribution in [0, 0.1) is 0 Å². The van der Waals surface area contributed by atoms with Crippen LogP contribution >= 0.6 is 11.3 Å². The van der Waals surface area contributed by atoms with Crippen molar-refractivity contribution in [3.63, 3.8) is 0 Å². The molecule has 21 heavy (non-hydrogen) atoms. The Hall–Kier alpha value is -2.23. The summed E-state index contributed by atoms with van der Waals surface area (Å²) in [6, 6.07) is 16.1. The molecule has 0 spiro atoms. The van der Waals surface area contributed by atoms with Crippen molar-refractivity contribution in [1.29, 1.82) is 0 Å². The summed E-state index contributed by atoms with van der Waals surface area (Å²) in [6.45, 7) is 0. The molecule has 0 aliphatic heterocycles. The molecule has 3 heteroatoms. The summed E-state index contributed by atoms with van der Waals surface area (Å²) in [4.78, 5) is 4.19. The average molecular weight is 291 g/mol. The third-order valence-electron chi connectivity index (χ3n) is 3.82. The number of thiophene rings is 1. The summed E-state index contributed by atoms with van der Waals surface area (Å²) in [5.74, 6) is 0. The van der Waals surface area contributed by atoms with Gasteiger partial charge in [0.2, 0.25) is 0 Å². The summed E-state index contributed by atoms with van der Waals surface area (Å²) in [5.41, 5.74) is 1.87. The Morgan fingerprint density at radius 2 is 1.81 bits per heavy atom. The molecule has 102 valence electrons. The Bertz CT molecular complexity index is 923. The topological polar surface area (TPSA) is 33.1 Å². The maximum Gasteiger partial charge on any atom is 0.106 e. The van der Waals surface area contributed by atoms with Crippen LogP contribution in [0.25, 0.3) is 20.9 Å². The smallest absolute Gasteiger partial charge is 0.106 e. The fourth-order valence-electron chi connectivity index (χ4n) is 2.75. The maximum absolute atomic E-state index is 10.9. The van der Waals surface area contributed by atoms with E-state index in [4.69, 9.17) is 0 Å². The zero-order valence-electron chi connectivity index (χ0n) is 11.2. The van der Waals surface area contributed by atoms with Crippen LogP contribution in [0.4, 0.5) is 0 Å². The van der Waals surface area contributed by atoms with Crippen LogP contribution in [0.1, 0.15) is 17.2 Å². The van der Waals surface area contributed by atoms with Crippen molar-refractivity contribution in [2.75, 3.05) is 0 Å². The van der Waals surface area contributed by atoms with Crippen LogP contribution in [-0.4, -0.2) is 10.1 Å². The molecule has 0 fully saturated rings. The first-order valence-electron chi connectivity index (χ1n) is 6.81.